The number of aromatic nitrogens is 1. The largest absolute Gasteiger partial charge is 0.338 e. The SMILES string of the molecule is Cc1ccc(-n2c(=O)/c(=C\c3ccc(Cl)cc3)s/c2=C(/C#N)C(=O)N2CCCC2)cc1. The molecule has 0 N–H and O–H groups in total. The first-order valence-corrected chi connectivity index (χ1v) is 11.2. The number of halogens is 1. The highest BCUT2D eigenvalue weighted by atomic mass is 35.5. The number of rotatable bonds is 3. The summed E-state index contributed by atoms with van der Waals surface area (Å²) in [5.41, 5.74) is 2.23. The minimum atomic E-state index is -0.319. The third-order valence-electron chi connectivity index (χ3n) is 5.22. The monoisotopic (exact) mass is 449 g/mol. The Kier molecular flexibility index (Phi) is 6.08. The van der Waals surface area contributed by atoms with E-state index in [0.29, 0.717) is 33.0 Å². The van der Waals surface area contributed by atoms with Gasteiger partial charge in [0.05, 0.1) is 10.2 Å². The van der Waals surface area contributed by atoms with Gasteiger partial charge in [0, 0.05) is 18.1 Å². The van der Waals surface area contributed by atoms with Crippen LogP contribution in [-0.4, -0.2) is 28.5 Å². The zero-order chi connectivity index (χ0) is 22.0. The van der Waals surface area contributed by atoms with Gasteiger partial charge in [0.15, 0.2) is 5.57 Å². The molecule has 3 aromatic rings. The molecule has 0 atom stereocenters. The van der Waals surface area contributed by atoms with Crippen LogP contribution >= 0.6 is 22.9 Å². The molecule has 1 aliphatic heterocycles. The molecule has 2 aromatic carbocycles. The van der Waals surface area contributed by atoms with Crippen molar-refractivity contribution >= 4 is 40.5 Å². The number of hydrogen-bond acceptors (Lipinski definition) is 4. The molecule has 1 fully saturated rings. The van der Waals surface area contributed by atoms with Gasteiger partial charge in [-0.3, -0.25) is 14.2 Å². The highest BCUT2D eigenvalue weighted by Crippen LogP contribution is 2.13. The van der Waals surface area contributed by atoms with Crippen molar-refractivity contribution in [3.05, 3.63) is 84.2 Å². The van der Waals surface area contributed by atoms with E-state index in [1.807, 2.05) is 43.3 Å². The van der Waals surface area contributed by atoms with E-state index < -0.39 is 0 Å². The highest BCUT2D eigenvalue weighted by Gasteiger charge is 2.24. The summed E-state index contributed by atoms with van der Waals surface area (Å²) in [6.07, 6.45) is 3.61. The lowest BCUT2D eigenvalue weighted by Gasteiger charge is -2.14. The number of likely N-dealkylation sites (tertiary alicyclic amines) is 1. The van der Waals surface area contributed by atoms with E-state index in [0.717, 1.165) is 35.3 Å². The summed E-state index contributed by atoms with van der Waals surface area (Å²) in [6.45, 7) is 3.23. The Bertz CT molecular complexity index is 1340. The predicted molar refractivity (Wildman–Crippen MR) is 124 cm³/mol. The second-order valence-electron chi connectivity index (χ2n) is 7.43. The maximum Gasteiger partial charge on any atom is 0.273 e. The molecule has 31 heavy (non-hydrogen) atoms. The quantitative estimate of drug-likeness (QED) is 0.617. The first kappa shape index (κ1) is 21.1. The topological polar surface area (TPSA) is 66.1 Å². The van der Waals surface area contributed by atoms with Crippen molar-refractivity contribution < 1.29 is 4.79 Å². The van der Waals surface area contributed by atoms with E-state index in [1.165, 1.54) is 4.57 Å². The second kappa shape index (κ2) is 8.93. The predicted octanol–water partition coefficient (Wildman–Crippen LogP) is 2.99. The van der Waals surface area contributed by atoms with Crippen molar-refractivity contribution in [1.82, 2.24) is 9.47 Å². The Balaban J connectivity index is 2.00. The van der Waals surface area contributed by atoms with Crippen molar-refractivity contribution in [3.8, 4) is 11.8 Å². The van der Waals surface area contributed by atoms with Crippen LogP contribution in [0.25, 0.3) is 17.3 Å². The molecular formula is C24H20ClN3O2S. The van der Waals surface area contributed by atoms with Gasteiger partial charge in [0.1, 0.15) is 10.7 Å². The maximum atomic E-state index is 13.4. The van der Waals surface area contributed by atoms with E-state index in [2.05, 4.69) is 6.07 Å². The van der Waals surface area contributed by atoms with Crippen molar-refractivity contribution in [2.75, 3.05) is 13.1 Å². The molecule has 0 bridgehead atoms. The average Bonchev–Trinajstić information content (AvgIpc) is 3.40. The fourth-order valence-electron chi connectivity index (χ4n) is 3.55. The molecule has 0 saturated carbocycles. The van der Waals surface area contributed by atoms with E-state index in [-0.39, 0.29) is 17.0 Å². The normalized spacial score (nSPS) is 15.1. The van der Waals surface area contributed by atoms with Crippen LogP contribution in [0.4, 0.5) is 0 Å². The van der Waals surface area contributed by atoms with E-state index >= 15 is 0 Å². The Morgan fingerprint density at radius 2 is 1.74 bits per heavy atom. The molecule has 5 nitrogen and oxygen atoms in total. The van der Waals surface area contributed by atoms with Crippen LogP contribution in [-0.2, 0) is 4.79 Å². The number of amides is 1. The summed E-state index contributed by atoms with van der Waals surface area (Å²) >= 11 is 7.13. The first-order valence-electron chi connectivity index (χ1n) is 9.98. The minimum absolute atomic E-state index is 0.000307. The second-order valence-corrected chi connectivity index (χ2v) is 8.90. The Morgan fingerprint density at radius 1 is 1.10 bits per heavy atom. The Morgan fingerprint density at radius 3 is 2.35 bits per heavy atom. The Hall–Kier alpha value is -3.14. The third-order valence-corrected chi connectivity index (χ3v) is 6.56. The van der Waals surface area contributed by atoms with Gasteiger partial charge in [-0.25, -0.2) is 0 Å². The van der Waals surface area contributed by atoms with Crippen molar-refractivity contribution in [2.24, 2.45) is 0 Å². The van der Waals surface area contributed by atoms with Crippen LogP contribution in [0.15, 0.2) is 53.3 Å². The molecule has 1 saturated heterocycles. The number of carbonyl (C=O) groups excluding carboxylic acids is 1. The number of benzene rings is 2. The van der Waals surface area contributed by atoms with Gasteiger partial charge in [-0.2, -0.15) is 5.26 Å². The minimum Gasteiger partial charge on any atom is -0.338 e. The maximum absolute atomic E-state index is 13.4. The highest BCUT2D eigenvalue weighted by molar-refractivity contribution is 7.07. The molecule has 1 amide bonds. The fraction of sp³-hybridized carbons (Fsp3) is 0.208. The number of hydrogen-bond donors (Lipinski definition) is 0. The average molecular weight is 450 g/mol. The summed E-state index contributed by atoms with van der Waals surface area (Å²) in [6, 6.07) is 16.7. The van der Waals surface area contributed by atoms with Crippen LogP contribution in [0.1, 0.15) is 24.0 Å². The summed E-state index contributed by atoms with van der Waals surface area (Å²) in [4.78, 5) is 28.1. The molecule has 1 aromatic heterocycles. The molecule has 0 spiro atoms. The summed E-state index contributed by atoms with van der Waals surface area (Å²) in [5.74, 6) is -0.319. The van der Waals surface area contributed by atoms with E-state index in [1.54, 1.807) is 23.1 Å². The zero-order valence-electron chi connectivity index (χ0n) is 17.0. The van der Waals surface area contributed by atoms with Gasteiger partial charge in [-0.15, -0.1) is 11.3 Å². The number of nitriles is 1. The molecule has 7 heteroatoms. The van der Waals surface area contributed by atoms with Gasteiger partial charge in [-0.05, 0) is 55.7 Å². The smallest absolute Gasteiger partial charge is 0.273 e. The van der Waals surface area contributed by atoms with E-state index in [9.17, 15) is 14.9 Å². The number of aryl methyl sites for hydroxylation is 1. The van der Waals surface area contributed by atoms with Gasteiger partial charge >= 0.3 is 0 Å². The summed E-state index contributed by atoms with van der Waals surface area (Å²) in [5, 5.41) is 10.5. The summed E-state index contributed by atoms with van der Waals surface area (Å²) in [7, 11) is 0. The lowest BCUT2D eigenvalue weighted by atomic mass is 10.2. The fourth-order valence-corrected chi connectivity index (χ4v) is 4.78. The van der Waals surface area contributed by atoms with Gasteiger partial charge in [-0.1, -0.05) is 41.4 Å². The van der Waals surface area contributed by atoms with Gasteiger partial charge < -0.3 is 4.90 Å². The first-order chi connectivity index (χ1) is 15.0. The lowest BCUT2D eigenvalue weighted by Crippen LogP contribution is -2.35. The van der Waals surface area contributed by atoms with E-state index in [4.69, 9.17) is 11.6 Å². The van der Waals surface area contributed by atoms with Crippen molar-refractivity contribution in [3.63, 3.8) is 0 Å². The molecule has 4 rings (SSSR count). The van der Waals surface area contributed by atoms with Crippen molar-refractivity contribution in [2.45, 2.75) is 19.8 Å². The third kappa shape index (κ3) is 4.34. The molecule has 156 valence electrons. The number of nitrogens with zero attached hydrogens (tertiary/aromatic N) is 3. The molecule has 0 radical (unpaired) electrons. The van der Waals surface area contributed by atoms with Crippen molar-refractivity contribution in [1.29, 1.82) is 5.26 Å². The Labute approximate surface area is 188 Å². The molecule has 0 aliphatic carbocycles. The van der Waals surface area contributed by atoms with Crippen LogP contribution in [0.2, 0.25) is 5.02 Å². The number of thiazole rings is 1. The van der Waals surface area contributed by atoms with Crippen LogP contribution in [0.5, 0.6) is 0 Å². The number of carbonyl (C=O) groups is 1. The van der Waals surface area contributed by atoms with Crippen LogP contribution < -0.4 is 14.8 Å². The van der Waals surface area contributed by atoms with Gasteiger partial charge in [0.2, 0.25) is 0 Å². The lowest BCUT2D eigenvalue weighted by molar-refractivity contribution is -0.123. The zero-order valence-corrected chi connectivity index (χ0v) is 18.5. The molecule has 1 aliphatic rings. The summed E-state index contributed by atoms with van der Waals surface area (Å²) < 4.78 is 2.27. The van der Waals surface area contributed by atoms with Gasteiger partial charge in [0.25, 0.3) is 11.5 Å². The standard InChI is InChI=1S/C24H20ClN3O2S/c1-16-4-10-19(11-5-16)28-23(30)21(14-17-6-8-18(25)9-7-17)31-24(28)20(15-26)22(29)27-12-2-3-13-27/h4-11,14H,2-3,12-13H2,1H3/b21-14+,24-20-. The molecular weight excluding hydrogens is 430 g/mol. The molecule has 2 heterocycles. The molecule has 0 unspecified atom stereocenters. The van der Waals surface area contributed by atoms with Crippen LogP contribution in [0.3, 0.4) is 0 Å². The van der Waals surface area contributed by atoms with Crippen LogP contribution in [0, 0.1) is 18.3 Å².